The molecule has 2 N–H and O–H groups in total. The summed E-state index contributed by atoms with van der Waals surface area (Å²) in [6.45, 7) is 3.88. The van der Waals surface area contributed by atoms with E-state index in [9.17, 15) is 4.79 Å². The van der Waals surface area contributed by atoms with Crippen LogP contribution in [0.15, 0.2) is 24.3 Å². The van der Waals surface area contributed by atoms with Crippen LogP contribution in [0.1, 0.15) is 29.0 Å². The van der Waals surface area contributed by atoms with Gasteiger partial charge in [-0.05, 0) is 25.8 Å². The van der Waals surface area contributed by atoms with Gasteiger partial charge in [-0.2, -0.15) is 5.10 Å². The van der Waals surface area contributed by atoms with E-state index < -0.39 is 0 Å². The minimum atomic E-state index is -0.252. The third-order valence-electron chi connectivity index (χ3n) is 4.83. The van der Waals surface area contributed by atoms with Crippen LogP contribution in [0, 0.1) is 6.92 Å². The molecule has 1 fully saturated rings. The van der Waals surface area contributed by atoms with E-state index >= 15 is 0 Å². The molecule has 3 aromatic rings. The van der Waals surface area contributed by atoms with Crippen molar-refractivity contribution in [3.8, 4) is 0 Å². The van der Waals surface area contributed by atoms with Crippen LogP contribution in [0.3, 0.4) is 0 Å². The Morgan fingerprint density at radius 1 is 1.28 bits per heavy atom. The van der Waals surface area contributed by atoms with Crippen LogP contribution in [-0.2, 0) is 7.05 Å². The number of para-hydroxylation sites is 1. The molecule has 25 heavy (non-hydrogen) atoms. The zero-order valence-electron chi connectivity index (χ0n) is 14.3. The van der Waals surface area contributed by atoms with Crippen LogP contribution in [0.5, 0.6) is 0 Å². The minimum absolute atomic E-state index is 0.252. The zero-order chi connectivity index (χ0) is 17.6. The van der Waals surface area contributed by atoms with E-state index in [1.807, 2.05) is 38.2 Å². The summed E-state index contributed by atoms with van der Waals surface area (Å²) < 4.78 is 1.80. The van der Waals surface area contributed by atoms with Gasteiger partial charge in [0.2, 0.25) is 0 Å². The Kier molecular flexibility index (Phi) is 3.92. The Bertz CT molecular complexity index is 952. The van der Waals surface area contributed by atoms with Gasteiger partial charge in [-0.1, -0.05) is 29.8 Å². The van der Waals surface area contributed by atoms with Crippen molar-refractivity contribution in [2.75, 3.05) is 23.3 Å². The molecule has 3 heterocycles. The summed E-state index contributed by atoms with van der Waals surface area (Å²) in [6.07, 6.45) is 2.30. The number of benzene rings is 1. The highest BCUT2D eigenvalue weighted by atomic mass is 35.5. The molecule has 1 aliphatic heterocycles. The molecule has 1 aromatic carbocycles. The predicted octanol–water partition coefficient (Wildman–Crippen LogP) is 3.72. The van der Waals surface area contributed by atoms with Gasteiger partial charge in [0, 0.05) is 31.0 Å². The van der Waals surface area contributed by atoms with Crippen LogP contribution in [-0.4, -0.2) is 33.8 Å². The van der Waals surface area contributed by atoms with Crippen LogP contribution in [0.2, 0.25) is 5.02 Å². The number of fused-ring (bicyclic) bond motifs is 1. The van der Waals surface area contributed by atoms with E-state index in [1.54, 1.807) is 4.68 Å². The van der Waals surface area contributed by atoms with Gasteiger partial charge in [-0.3, -0.25) is 9.48 Å². The number of hydrogen-bond donors (Lipinski definition) is 2. The van der Waals surface area contributed by atoms with Crippen molar-refractivity contribution in [1.29, 1.82) is 0 Å². The lowest BCUT2D eigenvalue weighted by Gasteiger charge is -2.16. The van der Waals surface area contributed by atoms with Gasteiger partial charge in [0.05, 0.1) is 10.7 Å². The number of hydrogen-bond acceptors (Lipinski definition) is 3. The molecule has 1 amide bonds. The first-order valence-electron chi connectivity index (χ1n) is 8.42. The summed E-state index contributed by atoms with van der Waals surface area (Å²) in [4.78, 5) is 18.2. The Morgan fingerprint density at radius 3 is 2.72 bits per heavy atom. The lowest BCUT2D eigenvalue weighted by Crippen LogP contribution is -2.21. The van der Waals surface area contributed by atoms with E-state index in [0.29, 0.717) is 10.7 Å². The third kappa shape index (κ3) is 2.66. The molecule has 130 valence electrons. The number of aromatic amines is 1. The van der Waals surface area contributed by atoms with Crippen LogP contribution in [0.4, 0.5) is 11.5 Å². The summed E-state index contributed by atoms with van der Waals surface area (Å²) in [5, 5.41) is 8.89. The van der Waals surface area contributed by atoms with Crippen molar-refractivity contribution in [1.82, 2.24) is 14.8 Å². The van der Waals surface area contributed by atoms with Gasteiger partial charge in [-0.25, -0.2) is 0 Å². The molecule has 0 unspecified atom stereocenters. The van der Waals surface area contributed by atoms with Gasteiger partial charge in [0.25, 0.3) is 5.91 Å². The fourth-order valence-electron chi connectivity index (χ4n) is 3.33. The van der Waals surface area contributed by atoms with Gasteiger partial charge < -0.3 is 15.2 Å². The molecule has 0 bridgehead atoms. The Balaban J connectivity index is 1.69. The normalized spacial score (nSPS) is 14.4. The molecule has 0 spiro atoms. The van der Waals surface area contributed by atoms with Gasteiger partial charge in [-0.15, -0.1) is 0 Å². The monoisotopic (exact) mass is 357 g/mol. The van der Waals surface area contributed by atoms with E-state index in [-0.39, 0.29) is 5.91 Å². The fraction of sp³-hybridized carbons (Fsp3) is 0.333. The summed E-state index contributed by atoms with van der Waals surface area (Å²) in [7, 11) is 1.89. The number of anilines is 2. The zero-order valence-corrected chi connectivity index (χ0v) is 15.0. The predicted molar refractivity (Wildman–Crippen MR) is 101 cm³/mol. The molecule has 4 rings (SSSR count). The minimum Gasteiger partial charge on any atom is -0.353 e. The number of carbonyl (C=O) groups excluding carboxylic acids is 1. The Hall–Kier alpha value is -2.47. The van der Waals surface area contributed by atoms with Crippen molar-refractivity contribution in [3.63, 3.8) is 0 Å². The van der Waals surface area contributed by atoms with Gasteiger partial charge >= 0.3 is 0 Å². The second kappa shape index (κ2) is 6.11. The maximum Gasteiger partial charge on any atom is 0.273 e. The highest BCUT2D eigenvalue weighted by Crippen LogP contribution is 2.32. The van der Waals surface area contributed by atoms with Crippen molar-refractivity contribution < 1.29 is 4.79 Å². The molecule has 1 saturated heterocycles. The molecule has 7 heteroatoms. The Morgan fingerprint density at radius 2 is 2.00 bits per heavy atom. The summed E-state index contributed by atoms with van der Waals surface area (Å²) in [5.41, 5.74) is 2.89. The van der Waals surface area contributed by atoms with E-state index in [0.717, 1.165) is 54.0 Å². The van der Waals surface area contributed by atoms with Gasteiger partial charge in [0.15, 0.2) is 5.82 Å². The average molecular weight is 358 g/mol. The topological polar surface area (TPSA) is 66.0 Å². The fourth-order valence-corrected chi connectivity index (χ4v) is 3.63. The second-order valence-corrected chi connectivity index (χ2v) is 6.79. The summed E-state index contributed by atoms with van der Waals surface area (Å²) in [6, 6.07) is 7.62. The number of aromatic nitrogens is 3. The van der Waals surface area contributed by atoms with Gasteiger partial charge in [0.1, 0.15) is 11.4 Å². The number of rotatable bonds is 3. The molecule has 0 aliphatic carbocycles. The molecular formula is C18H20ClN5O. The molecule has 1 aliphatic rings. The summed E-state index contributed by atoms with van der Waals surface area (Å²) >= 11 is 6.41. The lowest BCUT2D eigenvalue weighted by molar-refractivity contribution is 0.102. The first-order chi connectivity index (χ1) is 12.1. The smallest absolute Gasteiger partial charge is 0.273 e. The number of aryl methyl sites for hydroxylation is 1. The third-order valence-corrected chi connectivity index (χ3v) is 5.22. The number of nitrogens with one attached hydrogen (secondary N) is 2. The van der Waals surface area contributed by atoms with E-state index in [1.165, 1.54) is 0 Å². The van der Waals surface area contributed by atoms with Crippen LogP contribution >= 0.6 is 11.6 Å². The van der Waals surface area contributed by atoms with Crippen molar-refractivity contribution >= 4 is 39.9 Å². The largest absolute Gasteiger partial charge is 0.353 e. The maximum atomic E-state index is 12.9. The van der Waals surface area contributed by atoms with Crippen molar-refractivity contribution in [2.24, 2.45) is 7.05 Å². The molecule has 0 saturated carbocycles. The molecule has 2 aromatic heterocycles. The first kappa shape index (κ1) is 16.0. The molecular weight excluding hydrogens is 338 g/mol. The van der Waals surface area contributed by atoms with Crippen LogP contribution < -0.4 is 10.2 Å². The van der Waals surface area contributed by atoms with Crippen LogP contribution in [0.25, 0.3) is 10.9 Å². The first-order valence-corrected chi connectivity index (χ1v) is 8.80. The second-order valence-electron chi connectivity index (χ2n) is 6.42. The van der Waals surface area contributed by atoms with Crippen molar-refractivity contribution in [3.05, 3.63) is 40.7 Å². The maximum absolute atomic E-state index is 12.9. The number of nitrogens with zero attached hydrogens (tertiary/aromatic N) is 3. The molecule has 0 radical (unpaired) electrons. The number of carbonyl (C=O) groups is 1. The number of H-pyrrole nitrogens is 1. The molecule has 6 nitrogen and oxygen atoms in total. The number of amides is 1. The highest BCUT2D eigenvalue weighted by Gasteiger charge is 2.25. The highest BCUT2D eigenvalue weighted by molar-refractivity contribution is 6.39. The van der Waals surface area contributed by atoms with Crippen molar-refractivity contribution in [2.45, 2.75) is 19.8 Å². The van der Waals surface area contributed by atoms with E-state index in [4.69, 9.17) is 11.6 Å². The lowest BCUT2D eigenvalue weighted by atomic mass is 10.2. The average Bonchev–Trinajstić information content (AvgIpc) is 3.31. The standard InChI is InChI=1S/C18H20ClN5O/c1-11-15(17(22-23(11)2)24-9-5-6-10-24)21-18(25)16-14(19)12-7-3-4-8-13(12)20-16/h3-4,7-8,20H,5-6,9-10H2,1-2H3,(H,21,25). The quantitative estimate of drug-likeness (QED) is 0.750. The SMILES string of the molecule is Cc1c(NC(=O)c2[nH]c3ccccc3c2Cl)c(N2CCCC2)nn1C. The molecule has 0 atom stereocenters. The van der Waals surface area contributed by atoms with E-state index in [2.05, 4.69) is 20.3 Å². The number of halogens is 1. The Labute approximate surface area is 150 Å². The summed E-state index contributed by atoms with van der Waals surface area (Å²) in [5.74, 6) is 0.579.